The van der Waals surface area contributed by atoms with Crippen LogP contribution in [0.15, 0.2) is 54.7 Å². The standard InChI is InChI=1S/C17H15N5/c1-22-15-5-3-2-4-11(15)10-16(22)14-7-6-12(20-14)13-8-9-19-17(18)21-13/h2-10,20H,1H3,(H2,18,19,21). The van der Waals surface area contributed by atoms with E-state index in [0.29, 0.717) is 0 Å². The zero-order valence-corrected chi connectivity index (χ0v) is 12.1. The predicted molar refractivity (Wildman–Crippen MR) is 88.1 cm³/mol. The van der Waals surface area contributed by atoms with Crippen molar-refractivity contribution in [2.45, 2.75) is 0 Å². The molecule has 0 radical (unpaired) electrons. The Kier molecular flexibility index (Phi) is 2.72. The third-order valence-electron chi connectivity index (χ3n) is 3.86. The maximum Gasteiger partial charge on any atom is 0.220 e. The van der Waals surface area contributed by atoms with E-state index < -0.39 is 0 Å². The Morgan fingerprint density at radius 1 is 1.05 bits per heavy atom. The van der Waals surface area contributed by atoms with Crippen LogP contribution in [0.1, 0.15) is 0 Å². The lowest BCUT2D eigenvalue weighted by atomic mass is 10.2. The average molecular weight is 289 g/mol. The van der Waals surface area contributed by atoms with Crippen molar-refractivity contribution in [1.82, 2.24) is 19.5 Å². The number of hydrogen-bond acceptors (Lipinski definition) is 3. The van der Waals surface area contributed by atoms with Crippen LogP contribution in [0.5, 0.6) is 0 Å². The van der Waals surface area contributed by atoms with Crippen molar-refractivity contribution in [2.75, 3.05) is 5.73 Å². The summed E-state index contributed by atoms with van der Waals surface area (Å²) in [5.41, 5.74) is 10.8. The van der Waals surface area contributed by atoms with Crippen molar-refractivity contribution in [2.24, 2.45) is 7.05 Å². The fourth-order valence-corrected chi connectivity index (χ4v) is 2.77. The van der Waals surface area contributed by atoms with Crippen molar-refractivity contribution < 1.29 is 0 Å². The lowest BCUT2D eigenvalue weighted by Gasteiger charge is -2.02. The molecule has 3 N–H and O–H groups in total. The monoisotopic (exact) mass is 289 g/mol. The van der Waals surface area contributed by atoms with Crippen LogP contribution in [0.25, 0.3) is 33.7 Å². The van der Waals surface area contributed by atoms with Gasteiger partial charge in [0.05, 0.1) is 22.8 Å². The molecule has 0 aliphatic carbocycles. The third kappa shape index (κ3) is 1.95. The summed E-state index contributed by atoms with van der Waals surface area (Å²) in [4.78, 5) is 11.6. The molecule has 108 valence electrons. The van der Waals surface area contributed by atoms with Crippen molar-refractivity contribution in [1.29, 1.82) is 0 Å². The van der Waals surface area contributed by atoms with E-state index in [-0.39, 0.29) is 5.95 Å². The van der Waals surface area contributed by atoms with Gasteiger partial charge in [-0.1, -0.05) is 18.2 Å². The largest absolute Gasteiger partial charge is 0.368 e. The molecule has 0 unspecified atom stereocenters. The molecule has 0 aliphatic rings. The number of H-pyrrole nitrogens is 1. The fourth-order valence-electron chi connectivity index (χ4n) is 2.77. The molecule has 0 bridgehead atoms. The number of aromatic amines is 1. The molecule has 5 nitrogen and oxygen atoms in total. The van der Waals surface area contributed by atoms with Gasteiger partial charge in [-0.3, -0.25) is 0 Å². The van der Waals surface area contributed by atoms with Gasteiger partial charge in [0.1, 0.15) is 0 Å². The Balaban J connectivity index is 1.82. The highest BCUT2D eigenvalue weighted by Crippen LogP contribution is 2.28. The van der Waals surface area contributed by atoms with Crippen LogP contribution in [-0.2, 0) is 7.05 Å². The number of aryl methyl sites for hydroxylation is 1. The number of nitrogen functional groups attached to an aromatic ring is 1. The molecule has 0 fully saturated rings. The van der Waals surface area contributed by atoms with Gasteiger partial charge in [-0.15, -0.1) is 0 Å². The predicted octanol–water partition coefficient (Wildman–Crippen LogP) is 3.21. The maximum atomic E-state index is 5.65. The van der Waals surface area contributed by atoms with Crippen molar-refractivity contribution in [3.05, 3.63) is 54.7 Å². The van der Waals surface area contributed by atoms with Gasteiger partial charge in [-0.05, 0) is 30.3 Å². The molecule has 4 rings (SSSR count). The summed E-state index contributed by atoms with van der Waals surface area (Å²) >= 11 is 0. The number of fused-ring (bicyclic) bond motifs is 1. The van der Waals surface area contributed by atoms with Crippen molar-refractivity contribution in [3.8, 4) is 22.8 Å². The maximum absolute atomic E-state index is 5.65. The molecule has 3 heterocycles. The molecule has 0 atom stereocenters. The van der Waals surface area contributed by atoms with E-state index in [4.69, 9.17) is 5.73 Å². The summed E-state index contributed by atoms with van der Waals surface area (Å²) < 4.78 is 2.18. The lowest BCUT2D eigenvalue weighted by Crippen LogP contribution is -1.95. The second-order valence-corrected chi connectivity index (χ2v) is 5.23. The second-order valence-electron chi connectivity index (χ2n) is 5.23. The van der Waals surface area contributed by atoms with Crippen LogP contribution in [0.2, 0.25) is 0 Å². The number of rotatable bonds is 2. The second kappa shape index (κ2) is 4.73. The number of aromatic nitrogens is 4. The highest BCUT2D eigenvalue weighted by Gasteiger charge is 2.10. The highest BCUT2D eigenvalue weighted by molar-refractivity contribution is 5.86. The van der Waals surface area contributed by atoms with Gasteiger partial charge in [-0.25, -0.2) is 9.97 Å². The fraction of sp³-hybridized carbons (Fsp3) is 0.0588. The molecule has 0 saturated heterocycles. The van der Waals surface area contributed by atoms with E-state index in [1.165, 1.54) is 10.9 Å². The molecular formula is C17H15N5. The minimum atomic E-state index is 0.276. The summed E-state index contributed by atoms with van der Waals surface area (Å²) in [6.45, 7) is 0. The average Bonchev–Trinajstić information content (AvgIpc) is 3.13. The van der Waals surface area contributed by atoms with Crippen LogP contribution in [0, 0.1) is 0 Å². The number of para-hydroxylation sites is 1. The number of benzene rings is 1. The first-order chi connectivity index (χ1) is 10.7. The molecule has 1 aromatic carbocycles. The first kappa shape index (κ1) is 12.6. The zero-order valence-electron chi connectivity index (χ0n) is 12.1. The Labute approximate surface area is 127 Å². The normalized spacial score (nSPS) is 11.1. The van der Waals surface area contributed by atoms with Crippen molar-refractivity contribution >= 4 is 16.9 Å². The smallest absolute Gasteiger partial charge is 0.220 e. The minimum Gasteiger partial charge on any atom is -0.368 e. The van der Waals surface area contributed by atoms with Gasteiger partial charge in [0.25, 0.3) is 0 Å². The van der Waals surface area contributed by atoms with Gasteiger partial charge in [-0.2, -0.15) is 0 Å². The minimum absolute atomic E-state index is 0.276. The molecule has 22 heavy (non-hydrogen) atoms. The summed E-state index contributed by atoms with van der Waals surface area (Å²) in [7, 11) is 2.07. The molecule has 0 aliphatic heterocycles. The number of nitrogens with one attached hydrogen (secondary N) is 1. The van der Waals surface area contributed by atoms with Crippen LogP contribution in [-0.4, -0.2) is 19.5 Å². The molecule has 0 spiro atoms. The van der Waals surface area contributed by atoms with Gasteiger partial charge in [0.2, 0.25) is 5.95 Å². The first-order valence-corrected chi connectivity index (χ1v) is 7.05. The van der Waals surface area contributed by atoms with Gasteiger partial charge in [0, 0.05) is 24.1 Å². The zero-order chi connectivity index (χ0) is 15.1. The molecular weight excluding hydrogens is 274 g/mol. The summed E-state index contributed by atoms with van der Waals surface area (Å²) in [6.07, 6.45) is 1.66. The van der Waals surface area contributed by atoms with Gasteiger partial charge >= 0.3 is 0 Å². The molecule has 4 aromatic rings. The summed E-state index contributed by atoms with van der Waals surface area (Å²) in [5.74, 6) is 0.276. The SMILES string of the molecule is Cn1c(-c2ccc(-c3ccnc(N)n3)[nH]2)cc2ccccc21. The third-order valence-corrected chi connectivity index (χ3v) is 3.86. The Bertz CT molecular complexity index is 964. The number of anilines is 1. The topological polar surface area (TPSA) is 72.5 Å². The van der Waals surface area contributed by atoms with E-state index in [1.807, 2.05) is 12.1 Å². The molecule has 0 amide bonds. The van der Waals surface area contributed by atoms with Crippen LogP contribution >= 0.6 is 0 Å². The summed E-state index contributed by atoms with van der Waals surface area (Å²) in [6, 6.07) is 16.4. The number of nitrogens with zero attached hydrogens (tertiary/aromatic N) is 3. The number of hydrogen-bond donors (Lipinski definition) is 2. The molecule has 0 saturated carbocycles. The highest BCUT2D eigenvalue weighted by atomic mass is 15.0. The lowest BCUT2D eigenvalue weighted by molar-refractivity contribution is 0.973. The van der Waals surface area contributed by atoms with E-state index >= 15 is 0 Å². The van der Waals surface area contributed by atoms with Crippen molar-refractivity contribution in [3.63, 3.8) is 0 Å². The van der Waals surface area contributed by atoms with Crippen LogP contribution in [0.3, 0.4) is 0 Å². The van der Waals surface area contributed by atoms with Crippen LogP contribution < -0.4 is 5.73 Å². The Hall–Kier alpha value is -3.08. The van der Waals surface area contributed by atoms with E-state index in [0.717, 1.165) is 22.8 Å². The van der Waals surface area contributed by atoms with Gasteiger partial charge < -0.3 is 15.3 Å². The van der Waals surface area contributed by atoms with E-state index in [9.17, 15) is 0 Å². The Morgan fingerprint density at radius 2 is 1.86 bits per heavy atom. The number of nitrogens with two attached hydrogens (primary N) is 1. The first-order valence-electron chi connectivity index (χ1n) is 7.05. The van der Waals surface area contributed by atoms with E-state index in [1.54, 1.807) is 6.20 Å². The van der Waals surface area contributed by atoms with Gasteiger partial charge in [0.15, 0.2) is 0 Å². The van der Waals surface area contributed by atoms with Crippen LogP contribution in [0.4, 0.5) is 5.95 Å². The quantitative estimate of drug-likeness (QED) is 0.595. The molecule has 5 heteroatoms. The Morgan fingerprint density at radius 3 is 2.68 bits per heavy atom. The van der Waals surface area contributed by atoms with E-state index in [2.05, 4.69) is 63.0 Å². The molecule has 3 aromatic heterocycles. The summed E-state index contributed by atoms with van der Waals surface area (Å²) in [5, 5.41) is 1.22.